The van der Waals surface area contributed by atoms with Crippen molar-refractivity contribution >= 4 is 11.5 Å². The van der Waals surface area contributed by atoms with E-state index in [0.717, 1.165) is 6.20 Å². The molecule has 0 saturated heterocycles. The Bertz CT molecular complexity index is 358. The molecule has 1 rings (SSSR count). The summed E-state index contributed by atoms with van der Waals surface area (Å²) >= 11 is 0. The van der Waals surface area contributed by atoms with Crippen LogP contribution in [-0.4, -0.2) is 25.7 Å². The second-order valence-corrected chi connectivity index (χ2v) is 2.56. The molecule has 8 nitrogen and oxygen atoms in total. The zero-order chi connectivity index (χ0) is 10.6. The van der Waals surface area contributed by atoms with Crippen LogP contribution in [-0.2, 0) is 6.54 Å². The predicted octanol–water partition coefficient (Wildman–Crippen LogP) is -0.0722. The maximum Gasteiger partial charge on any atom is 0.306 e. The van der Waals surface area contributed by atoms with Gasteiger partial charge >= 0.3 is 5.69 Å². The van der Waals surface area contributed by atoms with Crippen molar-refractivity contribution < 1.29 is 10.1 Å². The molecule has 1 aromatic heterocycles. The van der Waals surface area contributed by atoms with E-state index in [-0.39, 0.29) is 17.9 Å². The zero-order valence-electron chi connectivity index (χ0n) is 7.20. The first-order valence-corrected chi connectivity index (χ1v) is 3.76. The number of amidine groups is 1. The van der Waals surface area contributed by atoms with E-state index in [1.165, 1.54) is 10.9 Å². The van der Waals surface area contributed by atoms with Gasteiger partial charge in [-0.1, -0.05) is 5.16 Å². The summed E-state index contributed by atoms with van der Waals surface area (Å²) in [6, 6.07) is 0. The van der Waals surface area contributed by atoms with E-state index in [9.17, 15) is 10.1 Å². The molecule has 76 valence electrons. The third-order valence-corrected chi connectivity index (χ3v) is 1.56. The molecule has 0 aliphatic carbocycles. The standard InChI is InChI=1S/C6H9N5O3/c7-6(9-12)1-2-10-4-5(3-8-10)11(13)14/h3-4,12H,1-2H2,(H2,7,9). The van der Waals surface area contributed by atoms with E-state index in [1.54, 1.807) is 0 Å². The molecule has 0 spiro atoms. The molecule has 0 saturated carbocycles. The fourth-order valence-electron chi connectivity index (χ4n) is 0.848. The molecule has 0 aromatic carbocycles. The number of aryl methyl sites for hydroxylation is 1. The summed E-state index contributed by atoms with van der Waals surface area (Å²) in [7, 11) is 0. The first kappa shape index (κ1) is 9.96. The Labute approximate surface area is 78.8 Å². The lowest BCUT2D eigenvalue weighted by atomic mass is 10.4. The number of oxime groups is 1. The minimum Gasteiger partial charge on any atom is -0.409 e. The van der Waals surface area contributed by atoms with Crippen molar-refractivity contribution in [2.75, 3.05) is 0 Å². The Balaban J connectivity index is 2.56. The average Bonchev–Trinajstić information content (AvgIpc) is 2.62. The van der Waals surface area contributed by atoms with E-state index in [1.807, 2.05) is 0 Å². The molecule has 3 N–H and O–H groups in total. The molecule has 0 unspecified atom stereocenters. The molecule has 1 heterocycles. The van der Waals surface area contributed by atoms with Crippen molar-refractivity contribution in [3.63, 3.8) is 0 Å². The van der Waals surface area contributed by atoms with Gasteiger partial charge in [0.25, 0.3) is 0 Å². The van der Waals surface area contributed by atoms with Crippen LogP contribution in [0.1, 0.15) is 6.42 Å². The number of rotatable bonds is 4. The molecule has 8 heteroatoms. The highest BCUT2D eigenvalue weighted by Crippen LogP contribution is 2.07. The number of nitrogens with two attached hydrogens (primary N) is 1. The average molecular weight is 199 g/mol. The molecular weight excluding hydrogens is 190 g/mol. The van der Waals surface area contributed by atoms with Gasteiger partial charge in [0.2, 0.25) is 0 Å². The highest BCUT2D eigenvalue weighted by Gasteiger charge is 2.08. The molecule has 0 amide bonds. The van der Waals surface area contributed by atoms with E-state index >= 15 is 0 Å². The Morgan fingerprint density at radius 1 is 1.86 bits per heavy atom. The second-order valence-electron chi connectivity index (χ2n) is 2.56. The second kappa shape index (κ2) is 4.21. The molecule has 0 aliphatic rings. The van der Waals surface area contributed by atoms with Gasteiger partial charge in [-0.2, -0.15) is 5.10 Å². The highest BCUT2D eigenvalue weighted by molar-refractivity contribution is 5.79. The smallest absolute Gasteiger partial charge is 0.306 e. The van der Waals surface area contributed by atoms with Crippen LogP contribution in [0.5, 0.6) is 0 Å². The molecular formula is C6H9N5O3. The Kier molecular flexibility index (Phi) is 3.00. The maximum absolute atomic E-state index is 10.3. The fraction of sp³-hybridized carbons (Fsp3) is 0.333. The van der Waals surface area contributed by atoms with Crippen LogP contribution in [0, 0.1) is 10.1 Å². The van der Waals surface area contributed by atoms with Gasteiger partial charge in [0.15, 0.2) is 0 Å². The molecule has 0 atom stereocenters. The van der Waals surface area contributed by atoms with Gasteiger partial charge in [-0.05, 0) is 0 Å². The van der Waals surface area contributed by atoms with E-state index in [0.29, 0.717) is 6.54 Å². The largest absolute Gasteiger partial charge is 0.409 e. The van der Waals surface area contributed by atoms with E-state index < -0.39 is 4.92 Å². The SMILES string of the molecule is N/C(CCn1cc([N+](=O)[O-])cn1)=N/O. The van der Waals surface area contributed by atoms with Gasteiger partial charge in [-0.25, -0.2) is 0 Å². The van der Waals surface area contributed by atoms with Crippen LogP contribution in [0.25, 0.3) is 0 Å². The summed E-state index contributed by atoms with van der Waals surface area (Å²) in [5, 5.41) is 25.0. The van der Waals surface area contributed by atoms with Crippen molar-refractivity contribution in [3.05, 3.63) is 22.5 Å². The summed E-state index contributed by atoms with van der Waals surface area (Å²) in [6.45, 7) is 0.337. The number of hydrogen-bond acceptors (Lipinski definition) is 5. The van der Waals surface area contributed by atoms with Crippen LogP contribution < -0.4 is 5.73 Å². The van der Waals surface area contributed by atoms with Crippen molar-refractivity contribution in [1.29, 1.82) is 0 Å². The normalized spacial score (nSPS) is 11.6. The van der Waals surface area contributed by atoms with E-state index in [4.69, 9.17) is 10.9 Å². The molecule has 0 aliphatic heterocycles. The third kappa shape index (κ3) is 2.44. The first-order valence-electron chi connectivity index (χ1n) is 3.76. The maximum atomic E-state index is 10.3. The molecule has 1 aromatic rings. The Hall–Kier alpha value is -2.12. The number of aromatic nitrogens is 2. The summed E-state index contributed by atoms with van der Waals surface area (Å²) in [6.07, 6.45) is 2.71. The topological polar surface area (TPSA) is 120 Å². The lowest BCUT2D eigenvalue weighted by Gasteiger charge is -1.97. The zero-order valence-corrected chi connectivity index (χ0v) is 7.20. The van der Waals surface area contributed by atoms with Crippen LogP contribution in [0.4, 0.5) is 5.69 Å². The summed E-state index contributed by atoms with van der Waals surface area (Å²) in [5.74, 6) is 0.0585. The molecule has 0 bridgehead atoms. The van der Waals surface area contributed by atoms with Gasteiger partial charge < -0.3 is 10.9 Å². The quantitative estimate of drug-likeness (QED) is 0.231. The highest BCUT2D eigenvalue weighted by atomic mass is 16.6. The summed E-state index contributed by atoms with van der Waals surface area (Å²) in [4.78, 5) is 9.74. The summed E-state index contributed by atoms with van der Waals surface area (Å²) < 4.78 is 1.36. The van der Waals surface area contributed by atoms with Gasteiger partial charge in [0.05, 0.1) is 4.92 Å². The van der Waals surface area contributed by atoms with Crippen LogP contribution >= 0.6 is 0 Å². The lowest BCUT2D eigenvalue weighted by molar-refractivity contribution is -0.385. The van der Waals surface area contributed by atoms with Gasteiger partial charge in [-0.3, -0.25) is 14.8 Å². The number of nitrogens with zero attached hydrogens (tertiary/aromatic N) is 4. The van der Waals surface area contributed by atoms with Crippen molar-refractivity contribution in [3.8, 4) is 0 Å². The fourth-order valence-corrected chi connectivity index (χ4v) is 0.848. The van der Waals surface area contributed by atoms with Crippen molar-refractivity contribution in [2.24, 2.45) is 10.9 Å². The molecule has 14 heavy (non-hydrogen) atoms. The molecule has 0 radical (unpaired) electrons. The lowest BCUT2D eigenvalue weighted by Crippen LogP contribution is -2.14. The van der Waals surface area contributed by atoms with Gasteiger partial charge in [-0.15, -0.1) is 0 Å². The third-order valence-electron chi connectivity index (χ3n) is 1.56. The van der Waals surface area contributed by atoms with E-state index in [2.05, 4.69) is 10.3 Å². The van der Waals surface area contributed by atoms with Gasteiger partial charge in [0, 0.05) is 13.0 Å². The summed E-state index contributed by atoms with van der Waals surface area (Å²) in [5.41, 5.74) is 5.13. The van der Waals surface area contributed by atoms with Crippen LogP contribution in [0.2, 0.25) is 0 Å². The minimum atomic E-state index is -0.535. The Morgan fingerprint density at radius 2 is 2.57 bits per heavy atom. The number of nitro groups is 1. The predicted molar refractivity (Wildman–Crippen MR) is 46.9 cm³/mol. The monoisotopic (exact) mass is 199 g/mol. The first-order chi connectivity index (χ1) is 6.63. The minimum absolute atomic E-state index is 0.0585. The van der Waals surface area contributed by atoms with Crippen molar-refractivity contribution in [1.82, 2.24) is 9.78 Å². The molecule has 0 fully saturated rings. The van der Waals surface area contributed by atoms with Crippen LogP contribution in [0.3, 0.4) is 0 Å². The number of hydrogen-bond donors (Lipinski definition) is 2. The van der Waals surface area contributed by atoms with Crippen molar-refractivity contribution in [2.45, 2.75) is 13.0 Å². The van der Waals surface area contributed by atoms with Crippen LogP contribution in [0.15, 0.2) is 17.5 Å². The van der Waals surface area contributed by atoms with Gasteiger partial charge in [0.1, 0.15) is 18.2 Å². The Morgan fingerprint density at radius 3 is 3.07 bits per heavy atom.